The SMILES string of the molecule is C[C@@H](O)[C@H](NC(=O)[C@@H]1C[C@@H](O)CN1C(=O)[C@H](Cc1ccc(O)cc1)NC(=O)[C@H](CO)NC(=O)[C@@H]1CCCN1)C(=O)N[C@@H](Cc1ccc(O)cc1)C(=O)N1C[C@H](O)C[C@H]1C(=O)N[C@@H](CCCCN)C(=O)O. The minimum Gasteiger partial charge on any atom is -0.508 e. The van der Waals surface area contributed by atoms with E-state index in [1.165, 1.54) is 55.5 Å². The summed E-state index contributed by atoms with van der Waals surface area (Å²) in [6.45, 7) is 0.418. The van der Waals surface area contributed by atoms with Gasteiger partial charge < -0.3 is 83.2 Å². The molecule has 0 saturated carbocycles. The molecule has 0 spiro atoms. The zero-order valence-electron chi connectivity index (χ0n) is 38.7. The number of nitrogens with zero attached hydrogens (tertiary/aromatic N) is 2. The third kappa shape index (κ3) is 14.8. The fourth-order valence-corrected chi connectivity index (χ4v) is 8.73. The Bertz CT molecular complexity index is 2160. The average molecular weight is 984 g/mol. The summed E-state index contributed by atoms with van der Waals surface area (Å²) >= 11 is 0. The highest BCUT2D eigenvalue weighted by atomic mass is 16.4. The number of aromatic hydroxyl groups is 2. The van der Waals surface area contributed by atoms with E-state index in [1.807, 2.05) is 0 Å². The van der Waals surface area contributed by atoms with Gasteiger partial charge in [0.15, 0.2) is 0 Å². The number of unbranched alkanes of at least 4 members (excludes halogenated alkanes) is 1. The van der Waals surface area contributed by atoms with Crippen molar-refractivity contribution >= 4 is 47.3 Å². The van der Waals surface area contributed by atoms with Crippen molar-refractivity contribution in [1.29, 1.82) is 0 Å². The third-order valence-corrected chi connectivity index (χ3v) is 12.5. The Morgan fingerprint density at radius 1 is 0.686 bits per heavy atom. The molecule has 3 aliphatic rings. The molecule has 0 aromatic heterocycles. The van der Waals surface area contributed by atoms with E-state index in [2.05, 4.69) is 31.9 Å². The van der Waals surface area contributed by atoms with Crippen LogP contribution in [0.25, 0.3) is 0 Å². The highest BCUT2D eigenvalue weighted by Crippen LogP contribution is 2.24. The van der Waals surface area contributed by atoms with Crippen LogP contribution in [0.3, 0.4) is 0 Å². The first kappa shape index (κ1) is 54.5. The zero-order valence-corrected chi connectivity index (χ0v) is 38.7. The highest BCUT2D eigenvalue weighted by molar-refractivity contribution is 5.98. The molecule has 2 aromatic rings. The summed E-state index contributed by atoms with van der Waals surface area (Å²) in [6.07, 6.45) is -3.12. The smallest absolute Gasteiger partial charge is 0.326 e. The number of rotatable bonds is 23. The van der Waals surface area contributed by atoms with Gasteiger partial charge in [0.2, 0.25) is 41.4 Å². The van der Waals surface area contributed by atoms with Crippen molar-refractivity contribution in [2.24, 2.45) is 5.73 Å². The van der Waals surface area contributed by atoms with E-state index >= 15 is 0 Å². The van der Waals surface area contributed by atoms with Gasteiger partial charge in [-0.15, -0.1) is 0 Å². The van der Waals surface area contributed by atoms with Crippen molar-refractivity contribution < 1.29 is 74.1 Å². The van der Waals surface area contributed by atoms with Crippen LogP contribution in [0.1, 0.15) is 63.0 Å². The van der Waals surface area contributed by atoms with Gasteiger partial charge in [-0.25, -0.2) is 4.79 Å². The maximum Gasteiger partial charge on any atom is 0.326 e. The number of phenolic OH excluding ortho intramolecular Hbond substituents is 2. The minimum atomic E-state index is -1.82. The lowest BCUT2D eigenvalue weighted by molar-refractivity contribution is -0.145. The Kier molecular flexibility index (Phi) is 19.8. The van der Waals surface area contributed by atoms with Crippen LogP contribution in [0.2, 0.25) is 0 Å². The molecule has 0 aliphatic carbocycles. The van der Waals surface area contributed by atoms with Crippen molar-refractivity contribution in [2.75, 3.05) is 32.8 Å². The Hall–Kier alpha value is -6.44. The summed E-state index contributed by atoms with van der Waals surface area (Å²) in [4.78, 5) is 111. The van der Waals surface area contributed by atoms with Crippen LogP contribution in [0, 0.1) is 0 Å². The molecule has 15 N–H and O–H groups in total. The van der Waals surface area contributed by atoms with Crippen molar-refractivity contribution in [3.8, 4) is 11.5 Å². The predicted molar refractivity (Wildman–Crippen MR) is 246 cm³/mol. The van der Waals surface area contributed by atoms with E-state index in [-0.39, 0.29) is 50.1 Å². The number of carbonyl (C=O) groups is 8. The Morgan fingerprint density at radius 2 is 1.17 bits per heavy atom. The summed E-state index contributed by atoms with van der Waals surface area (Å²) in [5.41, 5.74) is 6.38. The number of carboxylic acids is 1. The molecule has 0 radical (unpaired) electrons. The molecule has 3 saturated heterocycles. The van der Waals surface area contributed by atoms with Gasteiger partial charge in [-0.2, -0.15) is 0 Å². The number of aliphatic carboxylic acids is 1. The van der Waals surface area contributed by atoms with E-state index in [1.54, 1.807) is 0 Å². The van der Waals surface area contributed by atoms with Gasteiger partial charge in [-0.1, -0.05) is 24.3 Å². The number of likely N-dealkylation sites (tertiary alicyclic amines) is 2. The van der Waals surface area contributed by atoms with Crippen molar-refractivity contribution in [3.63, 3.8) is 0 Å². The lowest BCUT2D eigenvalue weighted by atomic mass is 10.0. The number of carbonyl (C=O) groups excluding carboxylic acids is 7. The lowest BCUT2D eigenvalue weighted by Crippen LogP contribution is -2.62. The number of aliphatic hydroxyl groups excluding tert-OH is 4. The number of phenols is 2. The molecule has 11 atom stereocenters. The Labute approximate surface area is 403 Å². The zero-order chi connectivity index (χ0) is 51.2. The number of hydrogen-bond donors (Lipinski definition) is 14. The Morgan fingerprint density at radius 3 is 1.61 bits per heavy atom. The number of β-amino-alcohol motifs (C(OH)–C–C–N with tert-alkyl or cyclic N) is 2. The van der Waals surface area contributed by atoms with Crippen molar-refractivity contribution in [3.05, 3.63) is 59.7 Å². The quantitative estimate of drug-likeness (QED) is 0.0467. The monoisotopic (exact) mass is 983 g/mol. The second kappa shape index (κ2) is 25.4. The summed E-state index contributed by atoms with van der Waals surface area (Å²) in [7, 11) is 0. The van der Waals surface area contributed by atoms with Crippen molar-refractivity contribution in [2.45, 2.75) is 131 Å². The molecular weight excluding hydrogens is 919 g/mol. The molecule has 2 aromatic carbocycles. The summed E-state index contributed by atoms with van der Waals surface area (Å²) in [6, 6.07) is 0.102. The second-order valence-electron chi connectivity index (χ2n) is 18.0. The molecule has 24 heteroatoms. The molecule has 3 aliphatic heterocycles. The fourth-order valence-electron chi connectivity index (χ4n) is 8.73. The molecule has 3 fully saturated rings. The number of nitrogens with one attached hydrogen (secondary N) is 6. The molecular formula is C46H65N9O15. The highest BCUT2D eigenvalue weighted by Gasteiger charge is 2.45. The van der Waals surface area contributed by atoms with E-state index in [9.17, 15) is 74.1 Å². The summed E-state index contributed by atoms with van der Waals surface area (Å²) < 4.78 is 0. The lowest BCUT2D eigenvalue weighted by Gasteiger charge is -2.32. The average Bonchev–Trinajstić information content (AvgIpc) is 4.10. The van der Waals surface area contributed by atoms with E-state index in [0.717, 1.165) is 16.2 Å². The van der Waals surface area contributed by atoms with Crippen LogP contribution >= 0.6 is 0 Å². The van der Waals surface area contributed by atoms with E-state index < -0.39 is 127 Å². The Balaban J connectivity index is 1.35. The maximum atomic E-state index is 14.4. The van der Waals surface area contributed by atoms with Crippen LogP contribution in [0.5, 0.6) is 11.5 Å². The number of aliphatic hydroxyl groups is 4. The van der Waals surface area contributed by atoms with Crippen LogP contribution in [0.15, 0.2) is 48.5 Å². The number of carboxylic acid groups (broad SMARTS) is 1. The van der Waals surface area contributed by atoms with Crippen LogP contribution < -0.4 is 37.6 Å². The van der Waals surface area contributed by atoms with Crippen LogP contribution in [0.4, 0.5) is 0 Å². The standard InChI is InChI=1S/C46H65N9O15/c1-24(57)38(43(66)51-34(18-26-9-13-28(59)14-10-26)45(68)54-21-29(60)19-36(54)41(64)49-32(46(69)70)5-2-3-15-47)53-42(65)37-20-30(61)22-55(37)44(67)33(17-25-7-11-27(58)12-8-25)50-40(63)35(23-56)52-39(62)31-6-4-16-48-31/h7-14,24,29-38,48,56-61H,2-6,15-23,47H2,1H3,(H,49,64)(H,50,63)(H,51,66)(H,52,62)(H,53,65)(H,69,70)/t24-,29-,30-,31+,32+,33+,34+,35+,36+,37+,38+/m1/s1. The van der Waals surface area contributed by atoms with Gasteiger partial charge in [0.1, 0.15) is 53.8 Å². The summed E-state index contributed by atoms with van der Waals surface area (Å²) in [5, 5.41) is 87.5. The molecule has 0 unspecified atom stereocenters. The van der Waals surface area contributed by atoms with Gasteiger partial charge in [-0.05, 0) is 87.5 Å². The van der Waals surface area contributed by atoms with Gasteiger partial charge >= 0.3 is 5.97 Å². The number of amides is 7. The molecule has 3 heterocycles. The minimum absolute atomic E-state index is 0.0423. The number of benzene rings is 2. The van der Waals surface area contributed by atoms with Gasteiger partial charge in [-0.3, -0.25) is 33.6 Å². The van der Waals surface area contributed by atoms with Crippen molar-refractivity contribution in [1.82, 2.24) is 41.7 Å². The third-order valence-electron chi connectivity index (χ3n) is 12.5. The number of nitrogens with two attached hydrogens (primary N) is 1. The van der Waals surface area contributed by atoms with Gasteiger partial charge in [0.05, 0.1) is 31.0 Å². The molecule has 384 valence electrons. The first-order chi connectivity index (χ1) is 33.3. The fraction of sp³-hybridized carbons (Fsp3) is 0.565. The number of hydrogen-bond acceptors (Lipinski definition) is 16. The van der Waals surface area contributed by atoms with E-state index in [4.69, 9.17) is 5.73 Å². The molecule has 7 amide bonds. The van der Waals surface area contributed by atoms with E-state index in [0.29, 0.717) is 43.5 Å². The summed E-state index contributed by atoms with van der Waals surface area (Å²) in [5.74, 6) is -7.77. The normalized spacial score (nSPS) is 22.5. The second-order valence-corrected chi connectivity index (χ2v) is 18.0. The molecule has 5 rings (SSSR count). The van der Waals surface area contributed by atoms with Crippen LogP contribution in [-0.4, -0.2) is 192 Å². The molecule has 70 heavy (non-hydrogen) atoms. The maximum absolute atomic E-state index is 14.4. The topological polar surface area (TPSA) is 383 Å². The first-order valence-electron chi connectivity index (χ1n) is 23.3. The van der Waals surface area contributed by atoms with Gasteiger partial charge in [0.25, 0.3) is 0 Å². The van der Waals surface area contributed by atoms with Gasteiger partial charge in [0, 0.05) is 38.8 Å². The van der Waals surface area contributed by atoms with Crippen LogP contribution in [-0.2, 0) is 51.2 Å². The predicted octanol–water partition coefficient (Wildman–Crippen LogP) is -4.43. The largest absolute Gasteiger partial charge is 0.508 e. The molecule has 24 nitrogen and oxygen atoms in total. The first-order valence-corrected chi connectivity index (χ1v) is 23.3. The molecule has 0 bridgehead atoms.